The second kappa shape index (κ2) is 4.67. The molecule has 0 aromatic carbocycles. The summed E-state index contributed by atoms with van der Waals surface area (Å²) in [4.78, 5) is 10.3. The van der Waals surface area contributed by atoms with E-state index in [4.69, 9.17) is 4.55 Å². The molecule has 0 fully saturated rings. The Kier molecular flexibility index (Phi) is 4.56. The molecule has 0 aliphatic heterocycles. The maximum absolute atomic E-state index is 11.3. The molecule has 1 rings (SSSR count). The van der Waals surface area contributed by atoms with Crippen LogP contribution in [0.1, 0.15) is 5.56 Å². The molecular weight excluding hydrogens is 233 g/mol. The summed E-state index contributed by atoms with van der Waals surface area (Å²) in [5.41, 5.74) is -0.666. The zero-order valence-corrected chi connectivity index (χ0v) is 11.3. The first-order valence-corrected chi connectivity index (χ1v) is 5.04. The van der Waals surface area contributed by atoms with Gasteiger partial charge in [0, 0.05) is 13.1 Å². The van der Waals surface area contributed by atoms with Crippen LogP contribution in [0.4, 0.5) is 0 Å². The van der Waals surface area contributed by atoms with E-state index in [1.807, 2.05) is 0 Å². The van der Waals surface area contributed by atoms with Crippen molar-refractivity contribution in [1.29, 1.82) is 0 Å². The number of rotatable bonds is 1. The van der Waals surface area contributed by atoms with Gasteiger partial charge in [-0.25, -0.2) is 0 Å². The maximum atomic E-state index is 11.3. The first-order chi connectivity index (χ1) is 6.25. The van der Waals surface area contributed by atoms with Gasteiger partial charge in [-0.05, 0) is 18.4 Å². The molecule has 0 amide bonds. The van der Waals surface area contributed by atoms with Crippen LogP contribution in [-0.2, 0) is 17.2 Å². The smallest absolute Gasteiger partial charge is 0.859 e. The monoisotopic (exact) mass is 241 g/mol. The molecule has 0 spiro atoms. The van der Waals surface area contributed by atoms with E-state index in [1.54, 1.807) is 0 Å². The third-order valence-electron chi connectivity index (χ3n) is 1.79. The molecule has 0 radical (unpaired) electrons. The Morgan fingerprint density at radius 1 is 1.47 bits per heavy atom. The minimum atomic E-state index is -4.58. The SMILES string of the molecule is Cc1cc(=O)n(C)c([O-])c1S(=O)(=O)O.[Na+]. The summed E-state index contributed by atoms with van der Waals surface area (Å²) in [6.07, 6.45) is 0. The summed E-state index contributed by atoms with van der Waals surface area (Å²) in [6.45, 7) is 1.27. The fraction of sp³-hybridized carbons (Fsp3) is 0.286. The van der Waals surface area contributed by atoms with Crippen LogP contribution in [0.2, 0.25) is 0 Å². The van der Waals surface area contributed by atoms with Crippen molar-refractivity contribution in [2.45, 2.75) is 11.8 Å². The Bertz CT molecular complexity index is 533. The van der Waals surface area contributed by atoms with Gasteiger partial charge in [-0.15, -0.1) is 0 Å². The summed E-state index contributed by atoms with van der Waals surface area (Å²) in [6, 6.07) is 0.977. The molecule has 78 valence electrons. The fourth-order valence-electron chi connectivity index (χ4n) is 1.08. The van der Waals surface area contributed by atoms with Crippen molar-refractivity contribution in [1.82, 2.24) is 4.57 Å². The second-order valence-corrected chi connectivity index (χ2v) is 4.19. The van der Waals surface area contributed by atoms with Gasteiger partial charge in [0.25, 0.3) is 10.1 Å². The van der Waals surface area contributed by atoms with E-state index < -0.39 is 26.5 Å². The molecule has 0 unspecified atom stereocenters. The van der Waals surface area contributed by atoms with Crippen LogP contribution in [0.3, 0.4) is 0 Å². The van der Waals surface area contributed by atoms with Crippen molar-refractivity contribution in [3.05, 3.63) is 22.0 Å². The third kappa shape index (κ3) is 2.82. The topological polar surface area (TPSA) is 99.4 Å². The normalized spacial score (nSPS) is 10.9. The van der Waals surface area contributed by atoms with Gasteiger partial charge in [-0.2, -0.15) is 8.42 Å². The van der Waals surface area contributed by atoms with Crippen LogP contribution >= 0.6 is 0 Å². The number of hydrogen-bond donors (Lipinski definition) is 1. The van der Waals surface area contributed by atoms with Crippen LogP contribution in [0.5, 0.6) is 5.88 Å². The summed E-state index contributed by atoms with van der Waals surface area (Å²) < 4.78 is 30.9. The first-order valence-electron chi connectivity index (χ1n) is 3.60. The van der Waals surface area contributed by atoms with E-state index in [0.29, 0.717) is 4.57 Å². The van der Waals surface area contributed by atoms with Crippen molar-refractivity contribution in [3.63, 3.8) is 0 Å². The molecule has 0 aliphatic rings. The van der Waals surface area contributed by atoms with Gasteiger partial charge < -0.3 is 9.67 Å². The van der Waals surface area contributed by atoms with Gasteiger partial charge in [0.15, 0.2) is 0 Å². The predicted molar refractivity (Wildman–Crippen MR) is 45.7 cm³/mol. The number of nitrogens with zero attached hydrogens (tertiary/aromatic N) is 1. The van der Waals surface area contributed by atoms with Gasteiger partial charge in [-0.3, -0.25) is 9.35 Å². The Labute approximate surface area is 109 Å². The van der Waals surface area contributed by atoms with E-state index in [1.165, 1.54) is 6.92 Å². The summed E-state index contributed by atoms with van der Waals surface area (Å²) in [5, 5.41) is 11.3. The molecule has 1 aromatic heterocycles. The van der Waals surface area contributed by atoms with Crippen molar-refractivity contribution >= 4 is 10.1 Å². The average molecular weight is 241 g/mol. The summed E-state index contributed by atoms with van der Waals surface area (Å²) >= 11 is 0. The van der Waals surface area contributed by atoms with E-state index in [-0.39, 0.29) is 35.1 Å². The molecule has 0 atom stereocenters. The van der Waals surface area contributed by atoms with Crippen LogP contribution < -0.4 is 40.2 Å². The van der Waals surface area contributed by atoms with Gasteiger partial charge >= 0.3 is 29.6 Å². The second-order valence-electron chi connectivity index (χ2n) is 2.83. The first kappa shape index (κ1) is 14.7. The van der Waals surface area contributed by atoms with Gasteiger partial charge in [-0.1, -0.05) is 0 Å². The van der Waals surface area contributed by atoms with Gasteiger partial charge in [0.05, 0.1) is 0 Å². The molecule has 15 heavy (non-hydrogen) atoms. The maximum Gasteiger partial charge on any atom is 1.00 e. The molecule has 0 saturated heterocycles. The number of aryl methyl sites for hydroxylation is 1. The molecule has 1 aromatic rings. The standard InChI is InChI=1S/C7H9NO5S.Na/c1-4-3-5(9)8(2)7(10)6(4)14(11,12)13;/h3,10H,1-2H3,(H,11,12,13);/q;+1/p-1. The largest absolute Gasteiger partial charge is 1.00 e. The molecular formula is C7H8NNaO5S. The van der Waals surface area contributed by atoms with Crippen LogP contribution in [0.25, 0.3) is 0 Å². The molecule has 0 aliphatic carbocycles. The molecule has 8 heteroatoms. The fourth-order valence-corrected chi connectivity index (χ4v) is 1.91. The molecule has 0 saturated carbocycles. The van der Waals surface area contributed by atoms with Crippen LogP contribution in [-0.4, -0.2) is 17.5 Å². The van der Waals surface area contributed by atoms with Crippen molar-refractivity contribution in [3.8, 4) is 5.88 Å². The van der Waals surface area contributed by atoms with E-state index in [9.17, 15) is 18.3 Å². The quantitative estimate of drug-likeness (QED) is 0.399. The van der Waals surface area contributed by atoms with E-state index in [2.05, 4.69) is 0 Å². The minimum absolute atomic E-state index is 0. The van der Waals surface area contributed by atoms with E-state index in [0.717, 1.165) is 13.1 Å². The Morgan fingerprint density at radius 3 is 2.33 bits per heavy atom. The molecule has 1 N–H and O–H groups in total. The van der Waals surface area contributed by atoms with Gasteiger partial charge in [0.2, 0.25) is 5.56 Å². The predicted octanol–water partition coefficient (Wildman–Crippen LogP) is -3.98. The van der Waals surface area contributed by atoms with E-state index >= 15 is 0 Å². The van der Waals surface area contributed by atoms with Crippen LogP contribution in [0, 0.1) is 6.92 Å². The zero-order chi connectivity index (χ0) is 11.1. The van der Waals surface area contributed by atoms with Crippen molar-refractivity contribution in [2.24, 2.45) is 7.05 Å². The summed E-state index contributed by atoms with van der Waals surface area (Å²) in [5.74, 6) is -1.02. The van der Waals surface area contributed by atoms with Crippen molar-refractivity contribution < 1.29 is 47.6 Å². The molecule has 6 nitrogen and oxygen atoms in total. The summed E-state index contributed by atoms with van der Waals surface area (Å²) in [7, 11) is -3.44. The Morgan fingerprint density at radius 2 is 1.93 bits per heavy atom. The Hall–Kier alpha value is -0.340. The number of pyridine rings is 1. The molecule has 0 bridgehead atoms. The molecule has 1 heterocycles. The zero-order valence-electron chi connectivity index (χ0n) is 8.51. The van der Waals surface area contributed by atoms with Crippen molar-refractivity contribution in [2.75, 3.05) is 0 Å². The van der Waals surface area contributed by atoms with Crippen LogP contribution in [0.15, 0.2) is 15.8 Å². The number of aromatic nitrogens is 1. The van der Waals surface area contributed by atoms with Gasteiger partial charge in [0.1, 0.15) is 4.90 Å². The number of hydrogen-bond acceptors (Lipinski definition) is 4. The third-order valence-corrected chi connectivity index (χ3v) is 2.80. The minimum Gasteiger partial charge on any atom is -0.859 e. The Balaban J connectivity index is 0.00000196. The average Bonchev–Trinajstić information content (AvgIpc) is 1.97.